The lowest BCUT2D eigenvalue weighted by atomic mass is 9.96. The molecule has 76 valence electrons. The Kier molecular flexibility index (Phi) is 3.35. The quantitative estimate of drug-likeness (QED) is 0.556. The van der Waals surface area contributed by atoms with Crippen LogP contribution in [-0.4, -0.2) is 12.1 Å². The van der Waals surface area contributed by atoms with Crippen molar-refractivity contribution in [2.75, 3.05) is 0 Å². The first-order valence-electron chi connectivity index (χ1n) is 4.67. The lowest BCUT2D eigenvalue weighted by molar-refractivity contribution is 0.100. The smallest absolute Gasteiger partial charge is 0.160 e. The zero-order valence-electron chi connectivity index (χ0n) is 8.70. The molecule has 0 radical (unpaired) electrons. The fraction of sp³-hybridized carbons (Fsp3) is 0.250. The van der Waals surface area contributed by atoms with Crippen molar-refractivity contribution in [3.05, 3.63) is 34.4 Å². The second kappa shape index (κ2) is 4.52. The SMILES string of the molecule is CCc1cc(C#N)c(C=O)c(C(C)=O)c1. The molecule has 0 bridgehead atoms. The summed E-state index contributed by atoms with van der Waals surface area (Å²) in [6.07, 6.45) is 1.29. The topological polar surface area (TPSA) is 57.9 Å². The number of benzene rings is 1. The van der Waals surface area contributed by atoms with E-state index >= 15 is 0 Å². The third-order valence-corrected chi connectivity index (χ3v) is 2.27. The van der Waals surface area contributed by atoms with Gasteiger partial charge in [0, 0.05) is 11.1 Å². The van der Waals surface area contributed by atoms with Crippen LogP contribution in [0.25, 0.3) is 0 Å². The molecule has 3 nitrogen and oxygen atoms in total. The monoisotopic (exact) mass is 201 g/mol. The molecule has 0 heterocycles. The number of rotatable bonds is 3. The van der Waals surface area contributed by atoms with Gasteiger partial charge in [0.1, 0.15) is 0 Å². The molecule has 0 N–H and O–H groups in total. The lowest BCUT2D eigenvalue weighted by Gasteiger charge is -2.05. The summed E-state index contributed by atoms with van der Waals surface area (Å²) < 4.78 is 0. The molecule has 0 atom stereocenters. The molecule has 0 aliphatic carbocycles. The lowest BCUT2D eigenvalue weighted by Crippen LogP contribution is -2.03. The molecule has 1 rings (SSSR count). The van der Waals surface area contributed by atoms with E-state index in [-0.39, 0.29) is 16.9 Å². The molecule has 0 aromatic heterocycles. The van der Waals surface area contributed by atoms with Gasteiger partial charge < -0.3 is 0 Å². The van der Waals surface area contributed by atoms with E-state index in [9.17, 15) is 9.59 Å². The minimum Gasteiger partial charge on any atom is -0.298 e. The number of carbonyl (C=O) groups is 2. The maximum Gasteiger partial charge on any atom is 0.160 e. The minimum atomic E-state index is -0.191. The van der Waals surface area contributed by atoms with Gasteiger partial charge in [0.05, 0.1) is 11.6 Å². The third kappa shape index (κ3) is 2.10. The van der Waals surface area contributed by atoms with Crippen LogP contribution in [0.15, 0.2) is 12.1 Å². The second-order valence-electron chi connectivity index (χ2n) is 3.24. The molecule has 1 aromatic carbocycles. The Labute approximate surface area is 88.3 Å². The van der Waals surface area contributed by atoms with E-state index in [1.807, 2.05) is 13.0 Å². The van der Waals surface area contributed by atoms with Gasteiger partial charge in [-0.25, -0.2) is 0 Å². The van der Waals surface area contributed by atoms with Gasteiger partial charge in [-0.05, 0) is 31.0 Å². The number of carbonyl (C=O) groups excluding carboxylic acids is 2. The highest BCUT2D eigenvalue weighted by atomic mass is 16.1. The van der Waals surface area contributed by atoms with Crippen LogP contribution < -0.4 is 0 Å². The first kappa shape index (κ1) is 11.1. The van der Waals surface area contributed by atoms with E-state index in [1.165, 1.54) is 6.92 Å². The van der Waals surface area contributed by atoms with Gasteiger partial charge in [0.15, 0.2) is 12.1 Å². The maximum atomic E-state index is 11.3. The summed E-state index contributed by atoms with van der Waals surface area (Å²) in [4.78, 5) is 22.1. The van der Waals surface area contributed by atoms with E-state index in [4.69, 9.17) is 5.26 Å². The van der Waals surface area contributed by atoms with Crippen molar-refractivity contribution in [3.8, 4) is 6.07 Å². The molecule has 0 fully saturated rings. The molecule has 3 heteroatoms. The predicted molar refractivity (Wildman–Crippen MR) is 55.9 cm³/mol. The average molecular weight is 201 g/mol. The highest BCUT2D eigenvalue weighted by Gasteiger charge is 2.12. The van der Waals surface area contributed by atoms with E-state index < -0.39 is 0 Å². The van der Waals surface area contributed by atoms with Crippen LogP contribution in [0.4, 0.5) is 0 Å². The van der Waals surface area contributed by atoms with Gasteiger partial charge in [-0.2, -0.15) is 5.26 Å². The van der Waals surface area contributed by atoms with Crippen LogP contribution in [0.2, 0.25) is 0 Å². The first-order valence-corrected chi connectivity index (χ1v) is 4.67. The van der Waals surface area contributed by atoms with Gasteiger partial charge in [-0.15, -0.1) is 0 Å². The predicted octanol–water partition coefficient (Wildman–Crippen LogP) is 2.14. The number of nitrogens with zero attached hydrogens (tertiary/aromatic N) is 1. The van der Waals surface area contributed by atoms with E-state index in [0.29, 0.717) is 11.8 Å². The van der Waals surface area contributed by atoms with Crippen molar-refractivity contribution in [2.45, 2.75) is 20.3 Å². The molecule has 0 aliphatic rings. The van der Waals surface area contributed by atoms with Crippen LogP contribution in [0, 0.1) is 11.3 Å². The molecule has 15 heavy (non-hydrogen) atoms. The Morgan fingerprint density at radius 3 is 2.60 bits per heavy atom. The number of hydrogen-bond donors (Lipinski definition) is 0. The van der Waals surface area contributed by atoms with Gasteiger partial charge in [0.2, 0.25) is 0 Å². The Balaban J connectivity index is 3.54. The van der Waals surface area contributed by atoms with E-state index in [1.54, 1.807) is 12.1 Å². The Hall–Kier alpha value is -1.95. The normalized spacial score (nSPS) is 9.40. The highest BCUT2D eigenvalue weighted by Crippen LogP contribution is 2.17. The zero-order chi connectivity index (χ0) is 11.4. The van der Waals surface area contributed by atoms with E-state index in [2.05, 4.69) is 0 Å². The molecular weight excluding hydrogens is 190 g/mol. The standard InChI is InChI=1S/C12H11NO2/c1-3-9-4-10(6-13)12(7-14)11(5-9)8(2)15/h4-5,7H,3H2,1-2H3. The Bertz CT molecular complexity index is 455. The first-order chi connectivity index (χ1) is 7.13. The molecule has 0 saturated heterocycles. The Morgan fingerprint density at radius 2 is 2.20 bits per heavy atom. The number of hydrogen-bond acceptors (Lipinski definition) is 3. The summed E-state index contributed by atoms with van der Waals surface area (Å²) in [5.41, 5.74) is 1.69. The fourth-order valence-corrected chi connectivity index (χ4v) is 1.43. The van der Waals surface area contributed by atoms with Crippen molar-refractivity contribution in [1.29, 1.82) is 5.26 Å². The summed E-state index contributed by atoms with van der Waals surface area (Å²) in [7, 11) is 0. The molecule has 0 saturated carbocycles. The van der Waals surface area contributed by atoms with Crippen LogP contribution >= 0.6 is 0 Å². The number of aryl methyl sites for hydroxylation is 1. The maximum absolute atomic E-state index is 11.3. The van der Waals surface area contributed by atoms with Crippen molar-refractivity contribution in [3.63, 3.8) is 0 Å². The molecule has 1 aromatic rings. The zero-order valence-corrected chi connectivity index (χ0v) is 8.70. The van der Waals surface area contributed by atoms with Gasteiger partial charge in [-0.1, -0.05) is 6.92 Å². The van der Waals surface area contributed by atoms with Gasteiger partial charge >= 0.3 is 0 Å². The summed E-state index contributed by atoms with van der Waals surface area (Å²) in [6, 6.07) is 5.26. The van der Waals surface area contributed by atoms with Gasteiger partial charge in [0.25, 0.3) is 0 Å². The van der Waals surface area contributed by atoms with Crippen LogP contribution in [-0.2, 0) is 6.42 Å². The molecule has 0 spiro atoms. The number of Topliss-reactive ketones (excluding diaryl/α,β-unsaturated/α-hetero) is 1. The highest BCUT2D eigenvalue weighted by molar-refractivity contribution is 6.02. The largest absolute Gasteiger partial charge is 0.298 e. The molecule has 0 aliphatic heterocycles. The van der Waals surface area contributed by atoms with E-state index in [0.717, 1.165) is 12.0 Å². The van der Waals surface area contributed by atoms with Crippen molar-refractivity contribution in [2.24, 2.45) is 0 Å². The van der Waals surface area contributed by atoms with Crippen LogP contribution in [0.3, 0.4) is 0 Å². The van der Waals surface area contributed by atoms with Crippen molar-refractivity contribution < 1.29 is 9.59 Å². The fourth-order valence-electron chi connectivity index (χ4n) is 1.43. The molecule has 0 unspecified atom stereocenters. The number of nitriles is 1. The Morgan fingerprint density at radius 1 is 1.53 bits per heavy atom. The van der Waals surface area contributed by atoms with Gasteiger partial charge in [-0.3, -0.25) is 9.59 Å². The van der Waals surface area contributed by atoms with Crippen molar-refractivity contribution in [1.82, 2.24) is 0 Å². The average Bonchev–Trinajstić information content (AvgIpc) is 2.26. The van der Waals surface area contributed by atoms with Crippen molar-refractivity contribution >= 4 is 12.1 Å². The van der Waals surface area contributed by atoms with Crippen LogP contribution in [0.1, 0.15) is 45.7 Å². The molecule has 0 amide bonds. The number of aldehydes is 1. The third-order valence-electron chi connectivity index (χ3n) is 2.27. The number of ketones is 1. The summed E-state index contributed by atoms with van der Waals surface area (Å²) in [5, 5.41) is 8.86. The summed E-state index contributed by atoms with van der Waals surface area (Å²) >= 11 is 0. The summed E-state index contributed by atoms with van der Waals surface area (Å²) in [6.45, 7) is 3.32. The summed E-state index contributed by atoms with van der Waals surface area (Å²) in [5.74, 6) is -0.191. The van der Waals surface area contributed by atoms with Crippen LogP contribution in [0.5, 0.6) is 0 Å². The second-order valence-corrected chi connectivity index (χ2v) is 3.24. The minimum absolute atomic E-state index is 0.191. The molecular formula is C12H11NO2.